The topological polar surface area (TPSA) is 132 Å². The molecule has 1 heterocycles. The molecule has 0 saturated carbocycles. The first-order chi connectivity index (χ1) is 16.5. The first kappa shape index (κ1) is 26.5. The van der Waals surface area contributed by atoms with Gasteiger partial charge in [0.15, 0.2) is 11.7 Å². The Hall–Kier alpha value is -3.09. The molecule has 0 radical (unpaired) electrons. The molecule has 2 aromatic carbocycles. The second-order valence-electron chi connectivity index (χ2n) is 8.85. The molecule has 10 nitrogen and oxygen atoms in total. The van der Waals surface area contributed by atoms with Crippen LogP contribution in [0, 0.1) is 22.0 Å². The molecule has 0 bridgehead atoms. The van der Waals surface area contributed by atoms with E-state index in [0.717, 1.165) is 0 Å². The third-order valence-corrected chi connectivity index (χ3v) is 7.56. The van der Waals surface area contributed by atoms with Crippen LogP contribution in [-0.2, 0) is 14.8 Å². The molecule has 1 aromatic heterocycles. The maximum absolute atomic E-state index is 13.3. The fourth-order valence-electron chi connectivity index (χ4n) is 3.32. The molecule has 1 amide bonds. The van der Waals surface area contributed by atoms with Crippen LogP contribution in [0.1, 0.15) is 27.7 Å². The predicted octanol–water partition coefficient (Wildman–Crippen LogP) is 4.52. The highest BCUT2D eigenvalue weighted by Crippen LogP contribution is 2.30. The Morgan fingerprint density at radius 3 is 2.31 bits per heavy atom. The number of benzene rings is 2. The summed E-state index contributed by atoms with van der Waals surface area (Å²) in [5.41, 5.74) is 0.494. The zero-order valence-electron chi connectivity index (χ0n) is 19.9. The van der Waals surface area contributed by atoms with Crippen LogP contribution >= 0.6 is 11.3 Å². The molecule has 0 aliphatic heterocycles. The molecule has 188 valence electrons. The lowest BCUT2D eigenvalue weighted by atomic mass is 10.2. The molecule has 3 aromatic rings. The Balaban J connectivity index is 1.70. The van der Waals surface area contributed by atoms with E-state index in [2.05, 4.69) is 10.3 Å². The molecule has 0 saturated heterocycles. The number of amides is 1. The van der Waals surface area contributed by atoms with Crippen molar-refractivity contribution >= 4 is 48.3 Å². The van der Waals surface area contributed by atoms with Gasteiger partial charge in [0, 0.05) is 25.2 Å². The smallest absolute Gasteiger partial charge is 0.269 e. The fourth-order valence-corrected chi connectivity index (χ4v) is 6.11. The van der Waals surface area contributed by atoms with Crippen LogP contribution in [0.2, 0.25) is 0 Å². The lowest BCUT2D eigenvalue weighted by Gasteiger charge is -2.25. The summed E-state index contributed by atoms with van der Waals surface area (Å²) in [5, 5.41) is 13.7. The first-order valence-electron chi connectivity index (χ1n) is 11.0. The van der Waals surface area contributed by atoms with Gasteiger partial charge in [0.05, 0.1) is 20.0 Å². The van der Waals surface area contributed by atoms with Gasteiger partial charge in [0.25, 0.3) is 11.6 Å². The zero-order valence-corrected chi connectivity index (χ0v) is 21.6. The number of hydrogen-bond acceptors (Lipinski definition) is 8. The van der Waals surface area contributed by atoms with E-state index in [1.165, 1.54) is 46.0 Å². The number of nitro benzene ring substituents is 1. The number of non-ortho nitro benzene ring substituents is 1. The second-order valence-corrected chi connectivity index (χ2v) is 11.8. The maximum Gasteiger partial charge on any atom is 0.269 e. The highest BCUT2D eigenvalue weighted by Gasteiger charge is 2.26. The summed E-state index contributed by atoms with van der Waals surface area (Å²) >= 11 is 1.17. The number of nitrogens with zero attached hydrogens (tertiary/aromatic N) is 3. The van der Waals surface area contributed by atoms with E-state index in [0.29, 0.717) is 34.2 Å². The zero-order chi connectivity index (χ0) is 25.8. The minimum Gasteiger partial charge on any atom is -0.484 e. The maximum atomic E-state index is 13.3. The molecule has 1 N–H and O–H groups in total. The number of hydrogen-bond donors (Lipinski definition) is 1. The van der Waals surface area contributed by atoms with E-state index in [4.69, 9.17) is 4.74 Å². The van der Waals surface area contributed by atoms with Gasteiger partial charge in [-0.15, -0.1) is 0 Å². The molecule has 3 rings (SSSR count). The van der Waals surface area contributed by atoms with Crippen molar-refractivity contribution < 1.29 is 22.9 Å². The van der Waals surface area contributed by atoms with Crippen molar-refractivity contribution in [1.29, 1.82) is 0 Å². The van der Waals surface area contributed by atoms with Crippen LogP contribution in [-0.4, -0.2) is 48.2 Å². The van der Waals surface area contributed by atoms with Crippen LogP contribution in [0.15, 0.2) is 47.4 Å². The van der Waals surface area contributed by atoms with Crippen molar-refractivity contribution in [2.75, 3.05) is 25.0 Å². The molecule has 0 unspecified atom stereocenters. The van der Waals surface area contributed by atoms with Gasteiger partial charge in [-0.2, -0.15) is 4.31 Å². The van der Waals surface area contributed by atoms with Crippen LogP contribution < -0.4 is 10.1 Å². The first-order valence-corrected chi connectivity index (χ1v) is 13.3. The lowest BCUT2D eigenvalue weighted by molar-refractivity contribution is -0.384. The monoisotopic (exact) mass is 520 g/mol. The van der Waals surface area contributed by atoms with Gasteiger partial charge < -0.3 is 4.74 Å². The number of nitrogens with one attached hydrogen (secondary N) is 1. The van der Waals surface area contributed by atoms with E-state index in [1.54, 1.807) is 12.1 Å². The third kappa shape index (κ3) is 6.96. The Bertz CT molecular complexity index is 1290. The number of nitro groups is 1. The summed E-state index contributed by atoms with van der Waals surface area (Å²) in [4.78, 5) is 27.0. The quantitative estimate of drug-likeness (QED) is 0.290. The summed E-state index contributed by atoms with van der Waals surface area (Å²) in [7, 11) is -3.68. The van der Waals surface area contributed by atoms with Crippen molar-refractivity contribution in [2.24, 2.45) is 11.8 Å². The average Bonchev–Trinajstić information content (AvgIpc) is 3.18. The minimum atomic E-state index is -3.68. The van der Waals surface area contributed by atoms with Gasteiger partial charge in [-0.3, -0.25) is 20.2 Å². The van der Waals surface area contributed by atoms with Gasteiger partial charge >= 0.3 is 0 Å². The number of sulfonamides is 1. The van der Waals surface area contributed by atoms with E-state index >= 15 is 0 Å². The van der Waals surface area contributed by atoms with E-state index < -0.39 is 20.9 Å². The number of aromatic nitrogens is 1. The Labute approximate surface area is 208 Å². The van der Waals surface area contributed by atoms with Gasteiger partial charge in [-0.25, -0.2) is 13.4 Å². The van der Waals surface area contributed by atoms with Crippen molar-refractivity contribution in [3.05, 3.63) is 52.6 Å². The summed E-state index contributed by atoms with van der Waals surface area (Å²) in [6, 6.07) is 10.1. The van der Waals surface area contributed by atoms with Crippen molar-refractivity contribution in [3.63, 3.8) is 0 Å². The summed E-state index contributed by atoms with van der Waals surface area (Å²) in [5.74, 6) is 0.226. The molecule has 0 aliphatic rings. The summed E-state index contributed by atoms with van der Waals surface area (Å²) in [6.45, 7) is 8.47. The van der Waals surface area contributed by atoms with Gasteiger partial charge in [0.2, 0.25) is 10.0 Å². The number of fused-ring (bicyclic) bond motifs is 1. The highest BCUT2D eigenvalue weighted by atomic mass is 32.2. The van der Waals surface area contributed by atoms with Crippen LogP contribution in [0.5, 0.6) is 5.75 Å². The Kier molecular flexibility index (Phi) is 8.41. The number of carbonyl (C=O) groups excluding carboxylic acids is 1. The third-order valence-electron chi connectivity index (χ3n) is 4.80. The van der Waals surface area contributed by atoms with E-state index in [1.807, 2.05) is 27.7 Å². The number of carbonyl (C=O) groups is 1. The molecule has 0 spiro atoms. The van der Waals surface area contributed by atoms with Gasteiger partial charge in [-0.05, 0) is 42.2 Å². The lowest BCUT2D eigenvalue weighted by Crippen LogP contribution is -2.37. The Morgan fingerprint density at radius 2 is 1.74 bits per heavy atom. The molecule has 35 heavy (non-hydrogen) atoms. The normalized spacial score (nSPS) is 12.0. The number of thiazole rings is 1. The van der Waals surface area contributed by atoms with Crippen molar-refractivity contribution in [1.82, 2.24) is 9.29 Å². The van der Waals surface area contributed by atoms with Crippen LogP contribution in [0.25, 0.3) is 10.2 Å². The van der Waals surface area contributed by atoms with E-state index in [9.17, 15) is 23.3 Å². The number of ether oxygens (including phenoxy) is 1. The van der Waals surface area contributed by atoms with Crippen molar-refractivity contribution in [2.45, 2.75) is 32.6 Å². The standard InChI is InChI=1S/C23H28N4O6S2/c1-15(2)12-26(13-16(3)4)35(31,32)19-9-10-20-21(11-19)34-23(24-20)25-22(28)14-33-18-7-5-17(6-8-18)27(29)30/h5-11,15-16H,12-14H2,1-4H3,(H,24,25,28). The summed E-state index contributed by atoms with van der Waals surface area (Å²) < 4.78 is 34.1. The molecule has 12 heteroatoms. The second kappa shape index (κ2) is 11.1. The van der Waals surface area contributed by atoms with Crippen molar-refractivity contribution in [3.8, 4) is 5.75 Å². The average molecular weight is 521 g/mol. The number of rotatable bonds is 11. The van der Waals surface area contributed by atoms with Gasteiger partial charge in [0.1, 0.15) is 5.75 Å². The largest absolute Gasteiger partial charge is 0.484 e. The molecule has 0 aliphatic carbocycles. The Morgan fingerprint density at radius 1 is 1.11 bits per heavy atom. The fraction of sp³-hybridized carbons (Fsp3) is 0.391. The molecular weight excluding hydrogens is 492 g/mol. The van der Waals surface area contributed by atoms with E-state index in [-0.39, 0.29) is 29.0 Å². The van der Waals surface area contributed by atoms with Crippen LogP contribution in [0.4, 0.5) is 10.8 Å². The predicted molar refractivity (Wildman–Crippen MR) is 135 cm³/mol. The SMILES string of the molecule is CC(C)CN(CC(C)C)S(=O)(=O)c1ccc2nc(NC(=O)COc3ccc([N+](=O)[O-])cc3)sc2c1. The molecule has 0 fully saturated rings. The highest BCUT2D eigenvalue weighted by molar-refractivity contribution is 7.89. The van der Waals surface area contributed by atoms with Gasteiger partial charge in [-0.1, -0.05) is 39.0 Å². The van der Waals surface area contributed by atoms with Crippen LogP contribution in [0.3, 0.4) is 0 Å². The molecular formula is C23H28N4O6S2. The summed E-state index contributed by atoms with van der Waals surface area (Å²) in [6.07, 6.45) is 0. The minimum absolute atomic E-state index is 0.0748. The molecule has 0 atom stereocenters. The number of anilines is 1.